The van der Waals surface area contributed by atoms with Crippen molar-refractivity contribution in [1.29, 1.82) is 0 Å². The molecule has 0 bridgehead atoms. The number of anilines is 1. The second-order valence-corrected chi connectivity index (χ2v) is 9.72. The van der Waals surface area contributed by atoms with E-state index in [2.05, 4.69) is 21.2 Å². The fraction of sp³-hybridized carbons (Fsp3) is 0.0800. The predicted octanol–water partition coefficient (Wildman–Crippen LogP) is 5.89. The van der Waals surface area contributed by atoms with E-state index in [1.54, 1.807) is 36.4 Å². The molecule has 0 atom stereocenters. The van der Waals surface area contributed by atoms with E-state index in [0.717, 1.165) is 10.5 Å². The number of carbonyl (C=O) groups is 2. The third kappa shape index (κ3) is 4.79. The molecule has 182 valence electrons. The van der Waals surface area contributed by atoms with Crippen molar-refractivity contribution in [3.63, 3.8) is 0 Å². The molecule has 36 heavy (non-hydrogen) atoms. The van der Waals surface area contributed by atoms with Crippen LogP contribution in [0.3, 0.4) is 0 Å². The van der Waals surface area contributed by atoms with Gasteiger partial charge in [-0.1, -0.05) is 41.4 Å². The lowest BCUT2D eigenvalue weighted by atomic mass is 10.1. The summed E-state index contributed by atoms with van der Waals surface area (Å²) in [4.78, 5) is 27.0. The van der Waals surface area contributed by atoms with Gasteiger partial charge in [-0.15, -0.1) is 0 Å². The molecule has 2 amide bonds. The summed E-state index contributed by atoms with van der Waals surface area (Å²) < 4.78 is 17.3. The van der Waals surface area contributed by atoms with Crippen LogP contribution in [0.1, 0.15) is 11.1 Å². The maximum absolute atomic E-state index is 13.3. The summed E-state index contributed by atoms with van der Waals surface area (Å²) in [6.45, 7) is 0.516. The number of hydrogen-bond donors (Lipinski definition) is 1. The molecule has 11 heteroatoms. The van der Waals surface area contributed by atoms with Crippen molar-refractivity contribution in [1.82, 2.24) is 5.32 Å². The zero-order chi connectivity index (χ0) is 25.4. The number of nitrogens with zero attached hydrogens (tertiary/aromatic N) is 1. The second-order valence-electron chi connectivity index (χ2n) is 7.70. The molecule has 1 saturated heterocycles. The third-order valence-electron chi connectivity index (χ3n) is 5.37. The largest absolute Gasteiger partial charge is 0.488 e. The van der Waals surface area contributed by atoms with Gasteiger partial charge in [0, 0.05) is 0 Å². The Bertz CT molecular complexity index is 1460. The van der Waals surface area contributed by atoms with Crippen molar-refractivity contribution in [2.24, 2.45) is 0 Å². The number of fused-ring (bicyclic) bond motifs is 1. The van der Waals surface area contributed by atoms with Gasteiger partial charge in [0.05, 0.1) is 20.2 Å². The highest BCUT2D eigenvalue weighted by atomic mass is 79.9. The van der Waals surface area contributed by atoms with Gasteiger partial charge in [-0.2, -0.15) is 0 Å². The smallest absolute Gasteiger partial charge is 0.270 e. The van der Waals surface area contributed by atoms with Crippen molar-refractivity contribution in [3.05, 3.63) is 85.8 Å². The Kier molecular flexibility index (Phi) is 6.90. The van der Waals surface area contributed by atoms with Crippen LogP contribution in [0.15, 0.2) is 64.6 Å². The van der Waals surface area contributed by atoms with E-state index >= 15 is 0 Å². The van der Waals surface area contributed by atoms with Crippen LogP contribution in [-0.4, -0.2) is 23.7 Å². The Hall–Kier alpha value is -3.11. The molecule has 0 aliphatic carbocycles. The number of nitrogens with one attached hydrogen (secondary N) is 1. The quantitative estimate of drug-likeness (QED) is 0.222. The van der Waals surface area contributed by atoms with Crippen LogP contribution in [0.25, 0.3) is 6.08 Å². The van der Waals surface area contributed by atoms with Gasteiger partial charge >= 0.3 is 0 Å². The molecule has 1 fully saturated rings. The van der Waals surface area contributed by atoms with Gasteiger partial charge in [0.25, 0.3) is 11.8 Å². The molecule has 3 aromatic rings. The SMILES string of the molecule is O=C1NC(=S)N(c2cccc(Cl)c2Cl)C(=O)/C1=C/c1ccc(OCc2ccc3c(c2)OCO3)c(Br)c1. The minimum Gasteiger partial charge on any atom is -0.488 e. The molecular formula is C25H15BrCl2N2O5S. The summed E-state index contributed by atoms with van der Waals surface area (Å²) in [5.41, 5.74) is 1.68. The van der Waals surface area contributed by atoms with Crippen molar-refractivity contribution >= 4 is 80.0 Å². The van der Waals surface area contributed by atoms with E-state index < -0.39 is 11.8 Å². The van der Waals surface area contributed by atoms with Crippen LogP contribution in [0, 0.1) is 0 Å². The minimum atomic E-state index is -0.618. The molecule has 2 heterocycles. The third-order valence-corrected chi connectivity index (χ3v) is 7.09. The number of carbonyl (C=O) groups excluding carboxylic acids is 2. The number of amides is 2. The number of thiocarbonyl (C=S) groups is 1. The molecule has 0 saturated carbocycles. The first kappa shape index (κ1) is 24.6. The standard InChI is InChI=1S/C25H15BrCl2N2O5S/c26-16-9-13(4-6-19(16)33-11-14-5-7-20-21(10-14)35-12-34-20)8-15-23(31)29-25(36)30(24(15)32)18-3-1-2-17(27)22(18)28/h1-10H,11-12H2,(H,29,31,36)/b15-8+. The lowest BCUT2D eigenvalue weighted by Gasteiger charge is -2.29. The zero-order valence-corrected chi connectivity index (χ0v) is 22.1. The molecule has 2 aliphatic rings. The van der Waals surface area contributed by atoms with Crippen LogP contribution in [0.2, 0.25) is 10.0 Å². The van der Waals surface area contributed by atoms with Crippen LogP contribution in [-0.2, 0) is 16.2 Å². The zero-order valence-electron chi connectivity index (χ0n) is 18.2. The molecule has 0 aromatic heterocycles. The summed E-state index contributed by atoms with van der Waals surface area (Å²) in [6.07, 6.45) is 1.47. The number of rotatable bonds is 5. The average Bonchev–Trinajstić information content (AvgIpc) is 3.32. The lowest BCUT2D eigenvalue weighted by molar-refractivity contribution is -0.122. The van der Waals surface area contributed by atoms with Gasteiger partial charge in [-0.3, -0.25) is 19.8 Å². The van der Waals surface area contributed by atoms with E-state index in [0.29, 0.717) is 33.9 Å². The number of hydrogen-bond acceptors (Lipinski definition) is 6. The highest BCUT2D eigenvalue weighted by Gasteiger charge is 2.35. The fourth-order valence-electron chi connectivity index (χ4n) is 3.62. The highest BCUT2D eigenvalue weighted by molar-refractivity contribution is 9.10. The Morgan fingerprint density at radius 2 is 1.89 bits per heavy atom. The van der Waals surface area contributed by atoms with Gasteiger partial charge < -0.3 is 14.2 Å². The van der Waals surface area contributed by atoms with Gasteiger partial charge in [0.2, 0.25) is 6.79 Å². The van der Waals surface area contributed by atoms with Crippen molar-refractivity contribution in [3.8, 4) is 17.2 Å². The normalized spacial score (nSPS) is 15.9. The van der Waals surface area contributed by atoms with E-state index in [-0.39, 0.29) is 33.2 Å². The molecule has 1 N–H and O–H groups in total. The summed E-state index contributed by atoms with van der Waals surface area (Å²) in [7, 11) is 0. The Balaban J connectivity index is 1.36. The van der Waals surface area contributed by atoms with Crippen molar-refractivity contribution in [2.45, 2.75) is 6.61 Å². The molecule has 2 aliphatic heterocycles. The highest BCUT2D eigenvalue weighted by Crippen LogP contribution is 2.35. The van der Waals surface area contributed by atoms with Crippen LogP contribution in [0.5, 0.6) is 17.2 Å². The topological polar surface area (TPSA) is 77.1 Å². The lowest BCUT2D eigenvalue weighted by Crippen LogP contribution is -2.54. The first-order valence-corrected chi connectivity index (χ1v) is 12.4. The summed E-state index contributed by atoms with van der Waals surface area (Å²) in [6, 6.07) is 15.6. The number of ether oxygens (including phenoxy) is 3. The first-order chi connectivity index (χ1) is 17.3. The Morgan fingerprint density at radius 3 is 2.69 bits per heavy atom. The second kappa shape index (κ2) is 10.1. The minimum absolute atomic E-state index is 0.0836. The van der Waals surface area contributed by atoms with Gasteiger partial charge in [-0.25, -0.2) is 0 Å². The van der Waals surface area contributed by atoms with Gasteiger partial charge in [0.1, 0.15) is 17.9 Å². The van der Waals surface area contributed by atoms with Crippen LogP contribution in [0.4, 0.5) is 5.69 Å². The fourth-order valence-corrected chi connectivity index (χ4v) is 4.79. The van der Waals surface area contributed by atoms with Crippen molar-refractivity contribution < 1.29 is 23.8 Å². The molecule has 0 unspecified atom stereocenters. The molecule has 5 rings (SSSR count). The van der Waals surface area contributed by atoms with Crippen LogP contribution < -0.4 is 24.4 Å². The molecule has 3 aromatic carbocycles. The maximum Gasteiger partial charge on any atom is 0.270 e. The molecule has 7 nitrogen and oxygen atoms in total. The van der Waals surface area contributed by atoms with Gasteiger partial charge in [0.15, 0.2) is 16.6 Å². The molecule has 0 spiro atoms. The summed E-state index contributed by atoms with van der Waals surface area (Å²) >= 11 is 21.1. The Morgan fingerprint density at radius 1 is 1.08 bits per heavy atom. The van der Waals surface area contributed by atoms with E-state index in [4.69, 9.17) is 49.6 Å². The number of halogens is 3. The average molecular weight is 606 g/mol. The first-order valence-electron chi connectivity index (χ1n) is 10.5. The van der Waals surface area contributed by atoms with Crippen LogP contribution >= 0.6 is 51.3 Å². The van der Waals surface area contributed by atoms with E-state index in [1.165, 1.54) is 6.08 Å². The molecule has 0 radical (unpaired) electrons. The Labute approximate surface area is 229 Å². The number of benzene rings is 3. The van der Waals surface area contributed by atoms with Gasteiger partial charge in [-0.05, 0) is 81.7 Å². The van der Waals surface area contributed by atoms with E-state index in [9.17, 15) is 9.59 Å². The maximum atomic E-state index is 13.3. The predicted molar refractivity (Wildman–Crippen MR) is 144 cm³/mol. The summed E-state index contributed by atoms with van der Waals surface area (Å²) in [5.74, 6) is 0.740. The van der Waals surface area contributed by atoms with Crippen molar-refractivity contribution in [2.75, 3.05) is 11.7 Å². The molecular weight excluding hydrogens is 591 g/mol. The summed E-state index contributed by atoms with van der Waals surface area (Å²) in [5, 5.41) is 2.85. The monoisotopic (exact) mass is 604 g/mol. The van der Waals surface area contributed by atoms with E-state index in [1.807, 2.05) is 18.2 Å².